The van der Waals surface area contributed by atoms with E-state index in [1.54, 1.807) is 4.90 Å². The summed E-state index contributed by atoms with van der Waals surface area (Å²) < 4.78 is 1.99. The van der Waals surface area contributed by atoms with Crippen LogP contribution < -0.4 is 0 Å². The number of fused-ring (bicyclic) bond motifs is 1. The van der Waals surface area contributed by atoms with E-state index in [0.717, 1.165) is 28.2 Å². The van der Waals surface area contributed by atoms with E-state index in [1.807, 2.05) is 66.9 Å². The van der Waals surface area contributed by atoms with E-state index in [2.05, 4.69) is 4.98 Å². The molecule has 0 bridgehead atoms. The van der Waals surface area contributed by atoms with Crippen molar-refractivity contribution in [2.24, 2.45) is 0 Å². The van der Waals surface area contributed by atoms with Crippen molar-refractivity contribution in [2.45, 2.75) is 26.8 Å². The maximum atomic E-state index is 12.9. The fraction of sp³-hybridized carbons (Fsp3) is 0.300. The molecule has 5 heteroatoms. The van der Waals surface area contributed by atoms with Crippen LogP contribution in [0.25, 0.3) is 5.65 Å². The zero-order valence-corrected chi connectivity index (χ0v) is 14.6. The molecule has 0 radical (unpaired) electrons. The van der Waals surface area contributed by atoms with E-state index in [-0.39, 0.29) is 18.9 Å². The van der Waals surface area contributed by atoms with Crippen molar-refractivity contribution in [1.82, 2.24) is 14.3 Å². The van der Waals surface area contributed by atoms with Gasteiger partial charge in [0.15, 0.2) is 0 Å². The maximum Gasteiger partial charge on any atom is 0.228 e. The highest BCUT2D eigenvalue weighted by atomic mass is 16.3. The summed E-state index contributed by atoms with van der Waals surface area (Å²) in [5.74, 6) is -0.00990. The second kappa shape index (κ2) is 7.49. The van der Waals surface area contributed by atoms with Gasteiger partial charge in [-0.2, -0.15) is 0 Å². The van der Waals surface area contributed by atoms with Gasteiger partial charge in [-0.25, -0.2) is 4.98 Å². The number of imidazole rings is 1. The van der Waals surface area contributed by atoms with Crippen LogP contribution in [-0.2, 0) is 17.8 Å². The van der Waals surface area contributed by atoms with Crippen LogP contribution in [0.5, 0.6) is 0 Å². The number of hydrogen-bond donors (Lipinski definition) is 1. The first-order chi connectivity index (χ1) is 12.1. The molecule has 25 heavy (non-hydrogen) atoms. The van der Waals surface area contributed by atoms with Crippen molar-refractivity contribution < 1.29 is 9.90 Å². The molecular weight excluding hydrogens is 314 g/mol. The minimum atomic E-state index is -0.0518. The van der Waals surface area contributed by atoms with Crippen LogP contribution in [-0.4, -0.2) is 38.4 Å². The van der Waals surface area contributed by atoms with Crippen LogP contribution in [0.4, 0.5) is 0 Å². The average Bonchev–Trinajstić information content (AvgIpc) is 2.93. The molecule has 3 aromatic rings. The Kier molecular flexibility index (Phi) is 5.14. The molecule has 1 amide bonds. The zero-order valence-electron chi connectivity index (χ0n) is 14.6. The number of nitrogens with zero attached hydrogens (tertiary/aromatic N) is 3. The normalized spacial score (nSPS) is 11.0. The van der Waals surface area contributed by atoms with E-state index in [4.69, 9.17) is 0 Å². The first kappa shape index (κ1) is 17.2. The summed E-state index contributed by atoms with van der Waals surface area (Å²) in [6.07, 6.45) is 2.21. The van der Waals surface area contributed by atoms with Crippen molar-refractivity contribution in [3.63, 3.8) is 0 Å². The van der Waals surface area contributed by atoms with Crippen LogP contribution in [0.15, 0.2) is 48.7 Å². The Bertz CT molecular complexity index is 871. The van der Waals surface area contributed by atoms with Gasteiger partial charge in [-0.3, -0.25) is 4.79 Å². The number of aryl methyl sites for hydroxylation is 2. The summed E-state index contributed by atoms with van der Waals surface area (Å²) in [4.78, 5) is 19.2. The third kappa shape index (κ3) is 3.72. The molecule has 0 spiro atoms. The van der Waals surface area contributed by atoms with Gasteiger partial charge >= 0.3 is 0 Å². The molecule has 0 unspecified atom stereocenters. The number of rotatable bonds is 6. The number of aliphatic hydroxyl groups is 1. The Morgan fingerprint density at radius 2 is 1.92 bits per heavy atom. The summed E-state index contributed by atoms with van der Waals surface area (Å²) in [5.41, 5.74) is 4.79. The number of carbonyl (C=O) groups is 1. The molecule has 0 fully saturated rings. The third-order valence-electron chi connectivity index (χ3n) is 4.40. The molecule has 3 rings (SSSR count). The largest absolute Gasteiger partial charge is 0.395 e. The lowest BCUT2D eigenvalue weighted by Crippen LogP contribution is -2.34. The van der Waals surface area contributed by atoms with Gasteiger partial charge in [0.05, 0.1) is 24.4 Å². The summed E-state index contributed by atoms with van der Waals surface area (Å²) in [7, 11) is 0. The highest BCUT2D eigenvalue weighted by Gasteiger charge is 2.18. The first-order valence-corrected chi connectivity index (χ1v) is 8.46. The lowest BCUT2D eigenvalue weighted by molar-refractivity contribution is -0.131. The van der Waals surface area contributed by atoms with Crippen LogP contribution in [0.1, 0.15) is 22.5 Å². The van der Waals surface area contributed by atoms with Gasteiger partial charge in [0.25, 0.3) is 0 Å². The van der Waals surface area contributed by atoms with Gasteiger partial charge in [-0.05, 0) is 31.0 Å². The summed E-state index contributed by atoms with van der Waals surface area (Å²) in [6, 6.07) is 13.8. The predicted octanol–water partition coefficient (Wildman–Crippen LogP) is 2.51. The maximum absolute atomic E-state index is 12.9. The van der Waals surface area contributed by atoms with Crippen molar-refractivity contribution in [3.8, 4) is 0 Å². The van der Waals surface area contributed by atoms with Crippen LogP contribution in [0.2, 0.25) is 0 Å². The molecular formula is C20H23N3O2. The lowest BCUT2D eigenvalue weighted by Gasteiger charge is -2.22. The molecule has 2 heterocycles. The second-order valence-electron chi connectivity index (χ2n) is 6.23. The Hall–Kier alpha value is -2.66. The van der Waals surface area contributed by atoms with Crippen molar-refractivity contribution in [1.29, 1.82) is 0 Å². The molecule has 5 nitrogen and oxygen atoms in total. The molecule has 0 saturated heterocycles. The summed E-state index contributed by atoms with van der Waals surface area (Å²) in [5, 5.41) is 9.34. The zero-order chi connectivity index (χ0) is 17.8. The van der Waals surface area contributed by atoms with Gasteiger partial charge in [0, 0.05) is 19.3 Å². The van der Waals surface area contributed by atoms with Gasteiger partial charge in [-0.15, -0.1) is 0 Å². The van der Waals surface area contributed by atoms with E-state index >= 15 is 0 Å². The van der Waals surface area contributed by atoms with E-state index < -0.39 is 0 Å². The van der Waals surface area contributed by atoms with Gasteiger partial charge in [-0.1, -0.05) is 36.4 Å². The van der Waals surface area contributed by atoms with Crippen LogP contribution in [0, 0.1) is 13.8 Å². The van der Waals surface area contributed by atoms with Crippen molar-refractivity contribution in [3.05, 3.63) is 71.2 Å². The molecule has 0 saturated carbocycles. The van der Waals surface area contributed by atoms with Gasteiger partial charge in [0.1, 0.15) is 5.65 Å². The number of aromatic nitrogens is 2. The van der Waals surface area contributed by atoms with Crippen LogP contribution >= 0.6 is 0 Å². The summed E-state index contributed by atoms with van der Waals surface area (Å²) >= 11 is 0. The standard InChI is InChI=1S/C20H23N3O2/c1-15-7-6-10-23-18(16(2)21-20(15)23)13-19(25)22(11-12-24)14-17-8-4-3-5-9-17/h3-10,24H,11-14H2,1-2H3. The third-order valence-corrected chi connectivity index (χ3v) is 4.40. The number of hydrogen-bond acceptors (Lipinski definition) is 3. The summed E-state index contributed by atoms with van der Waals surface area (Å²) in [6.45, 7) is 4.71. The van der Waals surface area contributed by atoms with Gasteiger partial charge in [0.2, 0.25) is 5.91 Å². The molecule has 0 aliphatic rings. The molecule has 0 aliphatic carbocycles. The van der Waals surface area contributed by atoms with E-state index in [9.17, 15) is 9.90 Å². The highest BCUT2D eigenvalue weighted by molar-refractivity contribution is 5.79. The molecule has 1 N–H and O–H groups in total. The minimum Gasteiger partial charge on any atom is -0.395 e. The van der Waals surface area contributed by atoms with Crippen LogP contribution in [0.3, 0.4) is 0 Å². The Morgan fingerprint density at radius 1 is 1.16 bits per heavy atom. The number of benzene rings is 1. The number of pyridine rings is 1. The monoisotopic (exact) mass is 337 g/mol. The minimum absolute atomic E-state index is 0.00990. The smallest absolute Gasteiger partial charge is 0.228 e. The average molecular weight is 337 g/mol. The first-order valence-electron chi connectivity index (χ1n) is 8.46. The van der Waals surface area contributed by atoms with E-state index in [0.29, 0.717) is 13.1 Å². The highest BCUT2D eigenvalue weighted by Crippen LogP contribution is 2.17. The predicted molar refractivity (Wildman–Crippen MR) is 97.3 cm³/mol. The SMILES string of the molecule is Cc1nc2c(C)cccn2c1CC(=O)N(CCO)Cc1ccccc1. The molecule has 2 aromatic heterocycles. The molecule has 0 aliphatic heterocycles. The fourth-order valence-electron chi connectivity index (χ4n) is 3.05. The Labute approximate surface area is 147 Å². The second-order valence-corrected chi connectivity index (χ2v) is 6.23. The molecule has 1 aromatic carbocycles. The Morgan fingerprint density at radius 3 is 2.64 bits per heavy atom. The molecule has 0 atom stereocenters. The quantitative estimate of drug-likeness (QED) is 0.752. The van der Waals surface area contributed by atoms with Gasteiger partial charge < -0.3 is 14.4 Å². The fourth-order valence-corrected chi connectivity index (χ4v) is 3.05. The number of amides is 1. The van der Waals surface area contributed by atoms with Crippen molar-refractivity contribution in [2.75, 3.05) is 13.2 Å². The number of carbonyl (C=O) groups excluding carboxylic acids is 1. The van der Waals surface area contributed by atoms with Crippen molar-refractivity contribution >= 4 is 11.6 Å². The lowest BCUT2D eigenvalue weighted by atomic mass is 10.2. The number of aliphatic hydroxyl groups excluding tert-OH is 1. The molecule has 130 valence electrons. The van der Waals surface area contributed by atoms with E-state index in [1.165, 1.54) is 0 Å². The Balaban J connectivity index is 1.84. The topological polar surface area (TPSA) is 57.8 Å².